The zero-order chi connectivity index (χ0) is 10.2. The Labute approximate surface area is 82.8 Å². The highest BCUT2D eigenvalue weighted by molar-refractivity contribution is 6.33. The van der Waals surface area contributed by atoms with Gasteiger partial charge in [-0.25, -0.2) is 0 Å². The predicted molar refractivity (Wildman–Crippen MR) is 60.0 cm³/mol. The number of rotatable bonds is 0. The molecular formula is C12H17B. The molecule has 0 saturated carbocycles. The van der Waals surface area contributed by atoms with E-state index in [1.54, 1.807) is 0 Å². The van der Waals surface area contributed by atoms with Crippen LogP contribution in [0.1, 0.15) is 37.5 Å². The van der Waals surface area contributed by atoms with E-state index in [0.717, 1.165) is 5.46 Å². The number of benzene rings is 1. The average Bonchev–Trinajstić information content (AvgIpc) is 1.98. The minimum absolute atomic E-state index is 0.211. The third-order valence-electron chi connectivity index (χ3n) is 2.64. The van der Waals surface area contributed by atoms with Gasteiger partial charge in [-0.3, -0.25) is 0 Å². The van der Waals surface area contributed by atoms with E-state index in [4.69, 9.17) is 7.85 Å². The quantitative estimate of drug-likeness (QED) is 0.527. The Morgan fingerprint density at radius 3 is 2.00 bits per heavy atom. The van der Waals surface area contributed by atoms with Gasteiger partial charge in [0.25, 0.3) is 0 Å². The van der Waals surface area contributed by atoms with E-state index in [1.165, 1.54) is 16.7 Å². The highest BCUT2D eigenvalue weighted by atomic mass is 14.2. The molecule has 0 heterocycles. The number of hydrogen-bond donors (Lipinski definition) is 0. The van der Waals surface area contributed by atoms with Crippen LogP contribution in [0.3, 0.4) is 0 Å². The van der Waals surface area contributed by atoms with Crippen molar-refractivity contribution in [2.75, 3.05) is 0 Å². The lowest BCUT2D eigenvalue weighted by atomic mass is 9.78. The lowest BCUT2D eigenvalue weighted by Gasteiger charge is -2.23. The molecule has 0 atom stereocenters. The molecule has 0 unspecified atom stereocenters. The molecule has 0 bridgehead atoms. The Morgan fingerprint density at radius 2 is 1.54 bits per heavy atom. The second-order valence-electron chi connectivity index (χ2n) is 4.70. The van der Waals surface area contributed by atoms with Gasteiger partial charge >= 0.3 is 0 Å². The van der Waals surface area contributed by atoms with Gasteiger partial charge in [0.1, 0.15) is 7.85 Å². The SMILES string of the molecule is [B]c1ccc(C(C)(C)C)c(C)c1C. The van der Waals surface area contributed by atoms with E-state index < -0.39 is 0 Å². The van der Waals surface area contributed by atoms with Crippen molar-refractivity contribution in [1.82, 2.24) is 0 Å². The minimum atomic E-state index is 0.211. The maximum absolute atomic E-state index is 5.83. The monoisotopic (exact) mass is 172 g/mol. The Kier molecular flexibility index (Phi) is 2.56. The number of hydrogen-bond acceptors (Lipinski definition) is 0. The molecule has 0 saturated heterocycles. The van der Waals surface area contributed by atoms with Crippen molar-refractivity contribution < 1.29 is 0 Å². The summed E-state index contributed by atoms with van der Waals surface area (Å²) in [4.78, 5) is 0. The second kappa shape index (κ2) is 3.21. The summed E-state index contributed by atoms with van der Waals surface area (Å²) in [7, 11) is 5.83. The van der Waals surface area contributed by atoms with Crippen LogP contribution >= 0.6 is 0 Å². The van der Waals surface area contributed by atoms with Crippen LogP contribution in [-0.4, -0.2) is 7.85 Å². The van der Waals surface area contributed by atoms with Gasteiger partial charge in [-0.05, 0) is 30.4 Å². The summed E-state index contributed by atoms with van der Waals surface area (Å²) in [5.74, 6) is 0. The summed E-state index contributed by atoms with van der Waals surface area (Å²) in [6.07, 6.45) is 0. The average molecular weight is 172 g/mol. The predicted octanol–water partition coefficient (Wildman–Crippen LogP) is 2.39. The fourth-order valence-corrected chi connectivity index (χ4v) is 1.65. The Morgan fingerprint density at radius 1 is 1.00 bits per heavy atom. The first-order chi connectivity index (χ1) is 5.84. The molecular weight excluding hydrogens is 155 g/mol. The van der Waals surface area contributed by atoms with Crippen LogP contribution in [0.4, 0.5) is 0 Å². The van der Waals surface area contributed by atoms with Crippen molar-refractivity contribution in [3.05, 3.63) is 28.8 Å². The molecule has 0 aliphatic heterocycles. The van der Waals surface area contributed by atoms with Gasteiger partial charge in [0.05, 0.1) is 0 Å². The van der Waals surface area contributed by atoms with E-state index >= 15 is 0 Å². The molecule has 0 fully saturated rings. The molecule has 0 spiro atoms. The summed E-state index contributed by atoms with van der Waals surface area (Å²) >= 11 is 0. The van der Waals surface area contributed by atoms with Crippen LogP contribution in [-0.2, 0) is 5.41 Å². The zero-order valence-corrected chi connectivity index (χ0v) is 9.23. The summed E-state index contributed by atoms with van der Waals surface area (Å²) in [5.41, 5.74) is 5.03. The highest BCUT2D eigenvalue weighted by Crippen LogP contribution is 2.26. The van der Waals surface area contributed by atoms with Gasteiger partial charge in [0, 0.05) is 0 Å². The normalized spacial score (nSPS) is 11.8. The van der Waals surface area contributed by atoms with Crippen molar-refractivity contribution in [1.29, 1.82) is 0 Å². The molecule has 0 aliphatic rings. The maximum Gasteiger partial charge on any atom is 0.114 e. The fraction of sp³-hybridized carbons (Fsp3) is 0.500. The van der Waals surface area contributed by atoms with Crippen LogP contribution in [0.25, 0.3) is 0 Å². The van der Waals surface area contributed by atoms with Gasteiger partial charge in [-0.2, -0.15) is 0 Å². The molecule has 13 heavy (non-hydrogen) atoms. The summed E-state index contributed by atoms with van der Waals surface area (Å²) < 4.78 is 0. The van der Waals surface area contributed by atoms with Gasteiger partial charge < -0.3 is 0 Å². The summed E-state index contributed by atoms with van der Waals surface area (Å²) in [6, 6.07) is 4.14. The lowest BCUT2D eigenvalue weighted by Crippen LogP contribution is -2.18. The first-order valence-electron chi connectivity index (χ1n) is 4.70. The molecule has 1 heteroatoms. The van der Waals surface area contributed by atoms with Gasteiger partial charge in [-0.15, -0.1) is 0 Å². The smallest absolute Gasteiger partial charge is 0.0935 e. The van der Waals surface area contributed by atoms with Crippen molar-refractivity contribution in [3.8, 4) is 0 Å². The first-order valence-corrected chi connectivity index (χ1v) is 4.70. The molecule has 68 valence electrons. The van der Waals surface area contributed by atoms with Gasteiger partial charge in [0.2, 0.25) is 0 Å². The van der Waals surface area contributed by atoms with E-state index in [9.17, 15) is 0 Å². The standard InChI is InChI=1S/C12H17B/c1-8-9(2)11(13)7-6-10(8)12(3,4)5/h6-7H,1-5H3. The Hall–Kier alpha value is -0.715. The third-order valence-corrected chi connectivity index (χ3v) is 2.64. The van der Waals surface area contributed by atoms with Crippen LogP contribution < -0.4 is 5.46 Å². The van der Waals surface area contributed by atoms with Crippen LogP contribution in [0.2, 0.25) is 0 Å². The highest BCUT2D eigenvalue weighted by Gasteiger charge is 2.16. The molecule has 0 N–H and O–H groups in total. The second-order valence-corrected chi connectivity index (χ2v) is 4.70. The van der Waals surface area contributed by atoms with Crippen LogP contribution in [0.15, 0.2) is 12.1 Å². The molecule has 0 amide bonds. The zero-order valence-electron chi connectivity index (χ0n) is 9.23. The molecule has 1 rings (SSSR count). The first kappa shape index (κ1) is 10.4. The van der Waals surface area contributed by atoms with Crippen molar-refractivity contribution in [3.63, 3.8) is 0 Å². The molecule has 0 aromatic heterocycles. The maximum atomic E-state index is 5.83. The van der Waals surface area contributed by atoms with Gasteiger partial charge in [0.15, 0.2) is 0 Å². The van der Waals surface area contributed by atoms with E-state index in [2.05, 4.69) is 40.7 Å². The Bertz CT molecular complexity index is 319. The van der Waals surface area contributed by atoms with Crippen LogP contribution in [0.5, 0.6) is 0 Å². The molecule has 1 aromatic carbocycles. The van der Waals surface area contributed by atoms with Crippen molar-refractivity contribution >= 4 is 13.3 Å². The van der Waals surface area contributed by atoms with Crippen molar-refractivity contribution in [2.24, 2.45) is 0 Å². The lowest BCUT2D eigenvalue weighted by molar-refractivity contribution is 0.585. The summed E-state index contributed by atoms with van der Waals surface area (Å²) in [6.45, 7) is 10.9. The fourth-order valence-electron chi connectivity index (χ4n) is 1.65. The largest absolute Gasteiger partial charge is 0.114 e. The van der Waals surface area contributed by atoms with Crippen LogP contribution in [0, 0.1) is 13.8 Å². The van der Waals surface area contributed by atoms with E-state index in [0.29, 0.717) is 0 Å². The minimum Gasteiger partial charge on any atom is -0.0935 e. The molecule has 2 radical (unpaired) electrons. The van der Waals surface area contributed by atoms with Crippen molar-refractivity contribution in [2.45, 2.75) is 40.0 Å². The van der Waals surface area contributed by atoms with E-state index in [1.807, 2.05) is 6.07 Å². The molecule has 0 aliphatic carbocycles. The molecule has 1 aromatic rings. The summed E-state index contributed by atoms with van der Waals surface area (Å²) in [5, 5.41) is 0. The van der Waals surface area contributed by atoms with E-state index in [-0.39, 0.29) is 5.41 Å². The topological polar surface area (TPSA) is 0 Å². The Balaban J connectivity index is 3.35. The third kappa shape index (κ3) is 1.96. The van der Waals surface area contributed by atoms with Gasteiger partial charge in [-0.1, -0.05) is 43.9 Å². The molecule has 0 nitrogen and oxygen atoms in total.